The third-order valence-corrected chi connectivity index (χ3v) is 2.82. The van der Waals surface area contributed by atoms with Crippen LogP contribution in [0.4, 0.5) is 5.69 Å². The van der Waals surface area contributed by atoms with E-state index in [4.69, 9.17) is 11.6 Å². The molecule has 0 aromatic heterocycles. The third-order valence-electron chi connectivity index (χ3n) is 2.58. The zero-order chi connectivity index (χ0) is 14.4. The smallest absolute Gasteiger partial charge is 0.254 e. The van der Waals surface area contributed by atoms with Crippen molar-refractivity contribution in [2.45, 2.75) is 19.9 Å². The monoisotopic (exact) mass is 283 g/mol. The van der Waals surface area contributed by atoms with E-state index in [2.05, 4.69) is 16.0 Å². The summed E-state index contributed by atoms with van der Waals surface area (Å²) < 4.78 is 0. The summed E-state index contributed by atoms with van der Waals surface area (Å²) >= 11 is 5.90. The molecule has 1 aromatic carbocycles. The number of anilines is 1. The fourth-order valence-corrected chi connectivity index (χ4v) is 1.78. The Hall–Kier alpha value is -1.75. The van der Waals surface area contributed by atoms with Crippen LogP contribution < -0.4 is 16.0 Å². The highest BCUT2D eigenvalue weighted by molar-refractivity contribution is 6.31. The van der Waals surface area contributed by atoms with Crippen molar-refractivity contribution in [3.63, 3.8) is 0 Å². The van der Waals surface area contributed by atoms with E-state index < -0.39 is 6.04 Å². The highest BCUT2D eigenvalue weighted by atomic mass is 35.5. The summed E-state index contributed by atoms with van der Waals surface area (Å²) in [4.78, 5) is 23.5. The van der Waals surface area contributed by atoms with Gasteiger partial charge in [-0.1, -0.05) is 11.6 Å². The van der Waals surface area contributed by atoms with Crippen molar-refractivity contribution >= 4 is 29.1 Å². The molecule has 5 nitrogen and oxygen atoms in total. The van der Waals surface area contributed by atoms with E-state index in [1.165, 1.54) is 7.05 Å². The van der Waals surface area contributed by atoms with Crippen molar-refractivity contribution in [3.05, 3.63) is 28.8 Å². The first-order valence-corrected chi connectivity index (χ1v) is 6.43. The maximum absolute atomic E-state index is 12.1. The molecule has 1 unspecified atom stereocenters. The Morgan fingerprint density at radius 2 is 2.05 bits per heavy atom. The Bertz CT molecular complexity index is 477. The number of hydrogen-bond acceptors (Lipinski definition) is 3. The topological polar surface area (TPSA) is 70.2 Å². The van der Waals surface area contributed by atoms with Gasteiger partial charge in [-0.2, -0.15) is 0 Å². The molecule has 0 saturated heterocycles. The SMILES string of the molecule is CCNc1ccc(Cl)cc1C(=O)NC(C)C(=O)NC. The van der Waals surface area contributed by atoms with Crippen LogP contribution >= 0.6 is 11.6 Å². The molecule has 0 spiro atoms. The standard InChI is InChI=1S/C13H18ClN3O2/c1-4-16-11-6-5-9(14)7-10(11)13(19)17-8(2)12(18)15-3/h5-8,16H,4H2,1-3H3,(H,15,18)(H,17,19). The number of nitrogens with one attached hydrogen (secondary N) is 3. The lowest BCUT2D eigenvalue weighted by Crippen LogP contribution is -2.43. The van der Waals surface area contributed by atoms with Gasteiger partial charge < -0.3 is 16.0 Å². The van der Waals surface area contributed by atoms with E-state index in [0.29, 0.717) is 22.8 Å². The van der Waals surface area contributed by atoms with Gasteiger partial charge in [0, 0.05) is 24.3 Å². The Balaban J connectivity index is 2.92. The first-order valence-electron chi connectivity index (χ1n) is 6.05. The molecule has 0 heterocycles. The Labute approximate surface area is 117 Å². The first-order chi connectivity index (χ1) is 8.99. The van der Waals surface area contributed by atoms with E-state index in [9.17, 15) is 9.59 Å². The van der Waals surface area contributed by atoms with E-state index >= 15 is 0 Å². The lowest BCUT2D eigenvalue weighted by molar-refractivity contribution is -0.122. The summed E-state index contributed by atoms with van der Waals surface area (Å²) in [5.41, 5.74) is 1.11. The lowest BCUT2D eigenvalue weighted by Gasteiger charge is -2.15. The van der Waals surface area contributed by atoms with Crippen LogP contribution in [-0.2, 0) is 4.79 Å². The fourth-order valence-electron chi connectivity index (χ4n) is 1.61. The van der Waals surface area contributed by atoms with Crippen LogP contribution in [-0.4, -0.2) is 31.4 Å². The van der Waals surface area contributed by atoms with Gasteiger partial charge >= 0.3 is 0 Å². The first kappa shape index (κ1) is 15.3. The van der Waals surface area contributed by atoms with Crippen molar-refractivity contribution in [3.8, 4) is 0 Å². The molecule has 0 aliphatic carbocycles. The van der Waals surface area contributed by atoms with Crippen molar-refractivity contribution in [1.29, 1.82) is 0 Å². The molecule has 0 aliphatic heterocycles. The molecular weight excluding hydrogens is 266 g/mol. The van der Waals surface area contributed by atoms with Crippen LogP contribution in [0.1, 0.15) is 24.2 Å². The third kappa shape index (κ3) is 4.13. The second-order valence-corrected chi connectivity index (χ2v) is 4.47. The second-order valence-electron chi connectivity index (χ2n) is 4.03. The molecule has 0 bridgehead atoms. The highest BCUT2D eigenvalue weighted by Crippen LogP contribution is 2.20. The molecule has 0 aliphatic rings. The maximum atomic E-state index is 12.1. The molecule has 104 valence electrons. The van der Waals surface area contributed by atoms with E-state index in [-0.39, 0.29) is 11.8 Å². The molecule has 0 radical (unpaired) electrons. The second kappa shape index (κ2) is 6.99. The van der Waals surface area contributed by atoms with Gasteiger partial charge in [0.25, 0.3) is 5.91 Å². The van der Waals surface area contributed by atoms with E-state index in [0.717, 1.165) is 0 Å². The Morgan fingerprint density at radius 3 is 2.63 bits per heavy atom. The minimum absolute atomic E-state index is 0.250. The van der Waals surface area contributed by atoms with Crippen LogP contribution in [0.5, 0.6) is 0 Å². The molecule has 0 fully saturated rings. The van der Waals surface area contributed by atoms with Gasteiger partial charge in [0.1, 0.15) is 6.04 Å². The zero-order valence-corrected chi connectivity index (χ0v) is 12.0. The largest absolute Gasteiger partial charge is 0.385 e. The van der Waals surface area contributed by atoms with Crippen molar-refractivity contribution < 1.29 is 9.59 Å². The summed E-state index contributed by atoms with van der Waals surface area (Å²) in [5, 5.41) is 8.65. The van der Waals surface area contributed by atoms with Gasteiger partial charge in [0.15, 0.2) is 0 Å². The summed E-state index contributed by atoms with van der Waals surface area (Å²) in [5.74, 6) is -0.588. The van der Waals surface area contributed by atoms with Crippen LogP contribution in [0, 0.1) is 0 Å². The number of benzene rings is 1. The Morgan fingerprint density at radius 1 is 1.37 bits per heavy atom. The summed E-state index contributed by atoms with van der Waals surface area (Å²) in [6.45, 7) is 4.24. The number of likely N-dealkylation sites (N-methyl/N-ethyl adjacent to an activating group) is 1. The predicted molar refractivity (Wildman–Crippen MR) is 76.6 cm³/mol. The van der Waals surface area contributed by atoms with Crippen LogP contribution in [0.15, 0.2) is 18.2 Å². The number of carbonyl (C=O) groups is 2. The van der Waals surface area contributed by atoms with Crippen LogP contribution in [0.2, 0.25) is 5.02 Å². The molecule has 2 amide bonds. The minimum Gasteiger partial charge on any atom is -0.385 e. The van der Waals surface area contributed by atoms with E-state index in [1.807, 2.05) is 6.92 Å². The van der Waals surface area contributed by atoms with E-state index in [1.54, 1.807) is 25.1 Å². The number of rotatable bonds is 5. The summed E-state index contributed by atoms with van der Waals surface area (Å²) in [6, 6.07) is 4.42. The normalized spacial score (nSPS) is 11.6. The Kier molecular flexibility index (Phi) is 5.63. The zero-order valence-electron chi connectivity index (χ0n) is 11.2. The average molecular weight is 284 g/mol. The van der Waals surface area contributed by atoms with Gasteiger partial charge in [-0.05, 0) is 32.0 Å². The minimum atomic E-state index is -0.606. The molecule has 6 heteroatoms. The summed E-state index contributed by atoms with van der Waals surface area (Å²) in [6.07, 6.45) is 0. The number of carbonyl (C=O) groups excluding carboxylic acids is 2. The highest BCUT2D eigenvalue weighted by Gasteiger charge is 2.17. The molecule has 1 atom stereocenters. The summed E-state index contributed by atoms with van der Waals surface area (Å²) in [7, 11) is 1.52. The molecular formula is C13H18ClN3O2. The average Bonchev–Trinajstić information content (AvgIpc) is 2.39. The molecule has 1 aromatic rings. The predicted octanol–water partition coefficient (Wildman–Crippen LogP) is 1.64. The van der Waals surface area contributed by atoms with Gasteiger partial charge in [0.2, 0.25) is 5.91 Å². The van der Waals surface area contributed by atoms with Crippen LogP contribution in [0.25, 0.3) is 0 Å². The quantitative estimate of drug-likeness (QED) is 0.769. The molecule has 0 saturated carbocycles. The van der Waals surface area contributed by atoms with Gasteiger partial charge in [-0.25, -0.2) is 0 Å². The number of amides is 2. The number of hydrogen-bond donors (Lipinski definition) is 3. The molecule has 19 heavy (non-hydrogen) atoms. The fraction of sp³-hybridized carbons (Fsp3) is 0.385. The lowest BCUT2D eigenvalue weighted by atomic mass is 10.1. The molecule has 3 N–H and O–H groups in total. The van der Waals surface area contributed by atoms with Crippen molar-refractivity contribution in [2.75, 3.05) is 18.9 Å². The van der Waals surface area contributed by atoms with Crippen molar-refractivity contribution in [1.82, 2.24) is 10.6 Å². The number of halogens is 1. The van der Waals surface area contributed by atoms with Crippen LogP contribution in [0.3, 0.4) is 0 Å². The van der Waals surface area contributed by atoms with Gasteiger partial charge in [-0.3, -0.25) is 9.59 Å². The van der Waals surface area contributed by atoms with Gasteiger partial charge in [-0.15, -0.1) is 0 Å². The maximum Gasteiger partial charge on any atom is 0.254 e. The van der Waals surface area contributed by atoms with Crippen molar-refractivity contribution in [2.24, 2.45) is 0 Å². The van der Waals surface area contributed by atoms with Gasteiger partial charge in [0.05, 0.1) is 5.56 Å². The molecule has 1 rings (SSSR count).